The third kappa shape index (κ3) is 2.23. The van der Waals surface area contributed by atoms with Gasteiger partial charge in [0.25, 0.3) is 5.91 Å². The molecule has 100 valence electrons. The number of fused-ring (bicyclic) bond motifs is 1. The average Bonchev–Trinajstić information content (AvgIpc) is 2.75. The topological polar surface area (TPSA) is 25.2 Å². The Morgan fingerprint density at radius 2 is 2.00 bits per heavy atom. The monoisotopic (exact) mass is 278 g/mol. The summed E-state index contributed by atoms with van der Waals surface area (Å²) in [5.74, 6) is 1.75. The lowest BCUT2D eigenvalue weighted by atomic mass is 10.2. The molecule has 0 spiro atoms. The minimum absolute atomic E-state index is 0.0411. The van der Waals surface area contributed by atoms with Gasteiger partial charge in [0.05, 0.1) is 0 Å². The molecule has 0 atom stereocenters. The first-order valence-corrected chi connectivity index (χ1v) is 7.44. The number of carbonyl (C=O) groups is 1. The highest BCUT2D eigenvalue weighted by Gasteiger charge is 2.21. The lowest BCUT2D eigenvalue weighted by molar-refractivity contribution is 0.0763. The first-order chi connectivity index (χ1) is 9.16. The van der Waals surface area contributed by atoms with Crippen LogP contribution in [0.5, 0.6) is 0 Å². The van der Waals surface area contributed by atoms with Gasteiger partial charge in [-0.15, -0.1) is 0 Å². The number of nitrogens with zero attached hydrogens (tertiary/aromatic N) is 2. The van der Waals surface area contributed by atoms with Crippen molar-refractivity contribution in [3.8, 4) is 0 Å². The summed E-state index contributed by atoms with van der Waals surface area (Å²) in [5, 5.41) is 0.775. The van der Waals surface area contributed by atoms with Gasteiger partial charge in [0.2, 0.25) is 0 Å². The average molecular weight is 278 g/mol. The van der Waals surface area contributed by atoms with Crippen LogP contribution in [0.4, 0.5) is 4.39 Å². The number of amides is 1. The number of benzene rings is 1. The fourth-order valence-corrected chi connectivity index (χ4v) is 3.36. The maximum absolute atomic E-state index is 13.2. The molecule has 1 aliphatic heterocycles. The summed E-state index contributed by atoms with van der Waals surface area (Å²) in [5.41, 5.74) is 1.52. The molecule has 1 aromatic carbocycles. The smallest absolute Gasteiger partial charge is 0.270 e. The Kier molecular flexibility index (Phi) is 3.22. The standard InChI is InChI=1S/C14H15FN2OS/c1-16-12-3-2-11(15)8-10(12)9-13(16)14(18)17-4-6-19-7-5-17/h2-3,8-9H,4-7H2,1H3. The van der Waals surface area contributed by atoms with Crippen molar-refractivity contribution in [1.82, 2.24) is 9.47 Å². The zero-order valence-electron chi connectivity index (χ0n) is 10.7. The molecule has 0 unspecified atom stereocenters. The predicted molar refractivity (Wildman–Crippen MR) is 76.1 cm³/mol. The van der Waals surface area contributed by atoms with Gasteiger partial charge in [-0.3, -0.25) is 4.79 Å². The SMILES string of the molecule is Cn1c(C(=O)N2CCSCC2)cc2cc(F)ccc21. The second-order valence-electron chi connectivity index (χ2n) is 4.70. The predicted octanol–water partition coefficient (Wildman–Crippen LogP) is 2.51. The molecule has 2 heterocycles. The highest BCUT2D eigenvalue weighted by Crippen LogP contribution is 2.22. The lowest BCUT2D eigenvalue weighted by Crippen LogP contribution is -2.38. The summed E-state index contributed by atoms with van der Waals surface area (Å²) < 4.78 is 15.1. The van der Waals surface area contributed by atoms with Crippen molar-refractivity contribution in [1.29, 1.82) is 0 Å². The molecule has 3 nitrogen and oxygen atoms in total. The normalized spacial score (nSPS) is 16.0. The summed E-state index contributed by atoms with van der Waals surface area (Å²) in [6.07, 6.45) is 0. The maximum atomic E-state index is 13.2. The van der Waals surface area contributed by atoms with Gasteiger partial charge in [0.1, 0.15) is 11.5 Å². The summed E-state index contributed by atoms with van der Waals surface area (Å²) in [4.78, 5) is 14.4. The fourth-order valence-electron chi connectivity index (χ4n) is 2.45. The Morgan fingerprint density at radius 3 is 2.74 bits per heavy atom. The van der Waals surface area contributed by atoms with E-state index in [0.717, 1.165) is 35.5 Å². The van der Waals surface area contributed by atoms with E-state index in [1.165, 1.54) is 12.1 Å². The molecule has 2 aromatic rings. The second kappa shape index (κ2) is 4.89. The molecule has 19 heavy (non-hydrogen) atoms. The van der Waals surface area contributed by atoms with Crippen LogP contribution in [0.3, 0.4) is 0 Å². The van der Waals surface area contributed by atoms with E-state index in [9.17, 15) is 9.18 Å². The van der Waals surface area contributed by atoms with Crippen LogP contribution in [-0.4, -0.2) is 40.0 Å². The molecular formula is C14H15FN2OS. The van der Waals surface area contributed by atoms with E-state index < -0.39 is 0 Å². The molecule has 1 fully saturated rings. The molecule has 0 bridgehead atoms. The van der Waals surface area contributed by atoms with Gasteiger partial charge < -0.3 is 9.47 Å². The fraction of sp³-hybridized carbons (Fsp3) is 0.357. The van der Waals surface area contributed by atoms with Crippen LogP contribution >= 0.6 is 11.8 Å². The number of aromatic nitrogens is 1. The van der Waals surface area contributed by atoms with E-state index in [2.05, 4.69) is 0 Å². The number of rotatable bonds is 1. The molecular weight excluding hydrogens is 263 g/mol. The van der Waals surface area contributed by atoms with Gasteiger partial charge in [0.15, 0.2) is 0 Å². The van der Waals surface area contributed by atoms with Crippen LogP contribution in [0.2, 0.25) is 0 Å². The van der Waals surface area contributed by atoms with Crippen LogP contribution in [0, 0.1) is 5.82 Å². The van der Waals surface area contributed by atoms with Gasteiger partial charge in [-0.2, -0.15) is 11.8 Å². The van der Waals surface area contributed by atoms with Gasteiger partial charge in [-0.05, 0) is 24.3 Å². The molecule has 1 aromatic heterocycles. The van der Waals surface area contributed by atoms with Crippen molar-refractivity contribution in [3.63, 3.8) is 0 Å². The van der Waals surface area contributed by atoms with Gasteiger partial charge in [0, 0.05) is 42.5 Å². The van der Waals surface area contributed by atoms with Crippen molar-refractivity contribution in [2.75, 3.05) is 24.6 Å². The molecule has 3 rings (SSSR count). The summed E-state index contributed by atoms with van der Waals surface area (Å²) in [6.45, 7) is 1.58. The van der Waals surface area contributed by atoms with Gasteiger partial charge >= 0.3 is 0 Å². The van der Waals surface area contributed by atoms with Crippen LogP contribution in [0.15, 0.2) is 24.3 Å². The van der Waals surface area contributed by atoms with Gasteiger partial charge in [-0.1, -0.05) is 0 Å². The summed E-state index contributed by atoms with van der Waals surface area (Å²) >= 11 is 1.87. The Balaban J connectivity index is 2.00. The molecule has 1 aliphatic rings. The Morgan fingerprint density at radius 1 is 1.26 bits per heavy atom. The molecule has 1 amide bonds. The molecule has 0 radical (unpaired) electrons. The van der Waals surface area contributed by atoms with E-state index in [4.69, 9.17) is 0 Å². The van der Waals surface area contributed by atoms with E-state index >= 15 is 0 Å². The van der Waals surface area contributed by atoms with E-state index in [-0.39, 0.29) is 11.7 Å². The number of thioether (sulfide) groups is 1. The first kappa shape index (κ1) is 12.5. The van der Waals surface area contributed by atoms with Gasteiger partial charge in [-0.25, -0.2) is 4.39 Å². The minimum atomic E-state index is -0.272. The summed E-state index contributed by atoms with van der Waals surface area (Å²) in [7, 11) is 1.85. The molecule has 0 aliphatic carbocycles. The highest BCUT2D eigenvalue weighted by atomic mass is 32.2. The quantitative estimate of drug-likeness (QED) is 0.801. The third-order valence-electron chi connectivity index (χ3n) is 3.52. The lowest BCUT2D eigenvalue weighted by Gasteiger charge is -2.26. The van der Waals surface area contributed by atoms with Crippen LogP contribution < -0.4 is 0 Å². The van der Waals surface area contributed by atoms with Crippen molar-refractivity contribution < 1.29 is 9.18 Å². The van der Waals surface area contributed by atoms with E-state index in [1.807, 2.05) is 28.3 Å². The Bertz CT molecular complexity index is 632. The molecule has 1 saturated heterocycles. The Hall–Kier alpha value is -1.49. The zero-order chi connectivity index (χ0) is 13.4. The van der Waals surface area contributed by atoms with Crippen molar-refractivity contribution in [2.45, 2.75) is 0 Å². The van der Waals surface area contributed by atoms with Crippen molar-refractivity contribution in [2.24, 2.45) is 7.05 Å². The van der Waals surface area contributed by atoms with E-state index in [1.54, 1.807) is 12.1 Å². The van der Waals surface area contributed by atoms with Crippen LogP contribution in [-0.2, 0) is 7.05 Å². The molecule has 0 N–H and O–H groups in total. The minimum Gasteiger partial charge on any atom is -0.340 e. The maximum Gasteiger partial charge on any atom is 0.270 e. The summed E-state index contributed by atoms with van der Waals surface area (Å²) in [6, 6.07) is 6.39. The van der Waals surface area contributed by atoms with Crippen LogP contribution in [0.25, 0.3) is 10.9 Å². The van der Waals surface area contributed by atoms with Crippen molar-refractivity contribution >= 4 is 28.6 Å². The third-order valence-corrected chi connectivity index (χ3v) is 4.46. The van der Waals surface area contributed by atoms with E-state index in [0.29, 0.717) is 5.69 Å². The number of halogens is 1. The zero-order valence-corrected chi connectivity index (χ0v) is 11.5. The van der Waals surface area contributed by atoms with Crippen LogP contribution in [0.1, 0.15) is 10.5 Å². The Labute approximate surface area is 115 Å². The number of hydrogen-bond acceptors (Lipinski definition) is 2. The highest BCUT2D eigenvalue weighted by molar-refractivity contribution is 7.99. The molecule has 0 saturated carbocycles. The number of aryl methyl sites for hydroxylation is 1. The second-order valence-corrected chi connectivity index (χ2v) is 5.92. The number of carbonyl (C=O) groups excluding carboxylic acids is 1. The van der Waals surface area contributed by atoms with Crippen molar-refractivity contribution in [3.05, 3.63) is 35.8 Å². The largest absolute Gasteiger partial charge is 0.340 e. The molecule has 5 heteroatoms. The first-order valence-electron chi connectivity index (χ1n) is 6.29. The number of hydrogen-bond donors (Lipinski definition) is 0.